The number of nitrogen functional groups attached to an aromatic ring is 2. The first kappa shape index (κ1) is 9.93. The lowest BCUT2D eigenvalue weighted by Crippen LogP contribution is -1.84. The van der Waals surface area contributed by atoms with E-state index in [0.29, 0.717) is 0 Å². The molecule has 0 radical (unpaired) electrons. The van der Waals surface area contributed by atoms with Gasteiger partial charge in [0.25, 0.3) is 0 Å². The first-order valence-electron chi connectivity index (χ1n) is 4.63. The van der Waals surface area contributed by atoms with Crippen molar-refractivity contribution in [3.8, 4) is 0 Å². The number of hydrogen-bond donors (Lipinski definition) is 2. The normalized spacial score (nSPS) is 10.1. The molecule has 4 N–H and O–H groups in total. The Labute approximate surface area is 93.3 Å². The van der Waals surface area contributed by atoms with Crippen molar-refractivity contribution in [3.63, 3.8) is 0 Å². The van der Waals surface area contributed by atoms with E-state index in [0.717, 1.165) is 21.2 Å². The van der Waals surface area contributed by atoms with Gasteiger partial charge in [0.1, 0.15) is 0 Å². The highest BCUT2D eigenvalue weighted by Gasteiger charge is 1.97. The SMILES string of the molecule is Nc1ccc(Sc2cccc(N)c2)cc1. The summed E-state index contributed by atoms with van der Waals surface area (Å²) in [5.74, 6) is 0. The maximum Gasteiger partial charge on any atom is 0.0325 e. The molecule has 0 bridgehead atoms. The van der Waals surface area contributed by atoms with Gasteiger partial charge in [0.2, 0.25) is 0 Å². The van der Waals surface area contributed by atoms with Gasteiger partial charge in [0.05, 0.1) is 0 Å². The molecule has 0 heterocycles. The van der Waals surface area contributed by atoms with Gasteiger partial charge in [-0.3, -0.25) is 0 Å². The molecule has 2 rings (SSSR count). The number of hydrogen-bond acceptors (Lipinski definition) is 3. The van der Waals surface area contributed by atoms with E-state index in [9.17, 15) is 0 Å². The second kappa shape index (κ2) is 4.28. The largest absolute Gasteiger partial charge is 0.399 e. The number of anilines is 2. The third kappa shape index (κ3) is 2.67. The molecule has 76 valence electrons. The molecule has 0 aromatic heterocycles. The van der Waals surface area contributed by atoms with Gasteiger partial charge in [-0.1, -0.05) is 17.8 Å². The van der Waals surface area contributed by atoms with Crippen molar-refractivity contribution >= 4 is 23.1 Å². The standard InChI is InChI=1S/C12H12N2S/c13-9-4-6-11(7-5-9)15-12-3-1-2-10(14)8-12/h1-8H,13-14H2. The summed E-state index contributed by atoms with van der Waals surface area (Å²) in [6.07, 6.45) is 0. The Morgan fingerprint density at radius 1 is 0.733 bits per heavy atom. The molecule has 0 spiro atoms. The van der Waals surface area contributed by atoms with E-state index in [1.807, 2.05) is 48.5 Å². The van der Waals surface area contributed by atoms with Gasteiger partial charge in [-0.15, -0.1) is 0 Å². The Kier molecular flexibility index (Phi) is 2.83. The van der Waals surface area contributed by atoms with Crippen molar-refractivity contribution in [2.45, 2.75) is 9.79 Å². The number of benzene rings is 2. The molecular weight excluding hydrogens is 204 g/mol. The fourth-order valence-corrected chi connectivity index (χ4v) is 2.14. The van der Waals surface area contributed by atoms with Crippen molar-refractivity contribution < 1.29 is 0 Å². The molecule has 0 unspecified atom stereocenters. The van der Waals surface area contributed by atoms with Crippen LogP contribution in [0.4, 0.5) is 11.4 Å². The maximum absolute atomic E-state index is 5.70. The first-order chi connectivity index (χ1) is 7.24. The van der Waals surface area contributed by atoms with Crippen LogP contribution in [-0.2, 0) is 0 Å². The Balaban J connectivity index is 2.18. The van der Waals surface area contributed by atoms with Gasteiger partial charge in [-0.25, -0.2) is 0 Å². The van der Waals surface area contributed by atoms with Crippen molar-refractivity contribution in [1.82, 2.24) is 0 Å². The summed E-state index contributed by atoms with van der Waals surface area (Å²) in [7, 11) is 0. The minimum Gasteiger partial charge on any atom is -0.399 e. The molecule has 3 heteroatoms. The quantitative estimate of drug-likeness (QED) is 0.759. The highest BCUT2D eigenvalue weighted by Crippen LogP contribution is 2.28. The van der Waals surface area contributed by atoms with Crippen molar-refractivity contribution in [2.75, 3.05) is 11.5 Å². The van der Waals surface area contributed by atoms with Crippen molar-refractivity contribution in [1.29, 1.82) is 0 Å². The van der Waals surface area contributed by atoms with Crippen LogP contribution in [0.25, 0.3) is 0 Å². The van der Waals surface area contributed by atoms with E-state index in [2.05, 4.69) is 0 Å². The molecule has 2 aromatic rings. The van der Waals surface area contributed by atoms with Gasteiger partial charge in [-0.2, -0.15) is 0 Å². The third-order valence-electron chi connectivity index (χ3n) is 1.97. The average molecular weight is 216 g/mol. The third-order valence-corrected chi connectivity index (χ3v) is 2.97. The predicted molar refractivity (Wildman–Crippen MR) is 65.8 cm³/mol. The molecule has 0 saturated carbocycles. The van der Waals surface area contributed by atoms with E-state index in [1.54, 1.807) is 11.8 Å². The highest BCUT2D eigenvalue weighted by molar-refractivity contribution is 7.99. The summed E-state index contributed by atoms with van der Waals surface area (Å²) in [5, 5.41) is 0. The van der Waals surface area contributed by atoms with Crippen LogP contribution in [0.15, 0.2) is 58.3 Å². The Hall–Kier alpha value is -1.61. The van der Waals surface area contributed by atoms with E-state index < -0.39 is 0 Å². The minimum atomic E-state index is 0.784. The van der Waals surface area contributed by atoms with Crippen LogP contribution in [0.5, 0.6) is 0 Å². The minimum absolute atomic E-state index is 0.784. The first-order valence-corrected chi connectivity index (χ1v) is 5.44. The molecule has 0 aliphatic rings. The smallest absolute Gasteiger partial charge is 0.0325 e. The zero-order valence-electron chi connectivity index (χ0n) is 8.18. The van der Waals surface area contributed by atoms with Gasteiger partial charge < -0.3 is 11.5 Å². The van der Waals surface area contributed by atoms with Crippen LogP contribution in [-0.4, -0.2) is 0 Å². The molecule has 2 aromatic carbocycles. The summed E-state index contributed by atoms with van der Waals surface area (Å²) in [6.45, 7) is 0. The monoisotopic (exact) mass is 216 g/mol. The van der Waals surface area contributed by atoms with Crippen LogP contribution in [0.2, 0.25) is 0 Å². The van der Waals surface area contributed by atoms with Gasteiger partial charge in [-0.05, 0) is 42.5 Å². The lowest BCUT2D eigenvalue weighted by molar-refractivity contribution is 1.41. The van der Waals surface area contributed by atoms with E-state index in [4.69, 9.17) is 11.5 Å². The van der Waals surface area contributed by atoms with E-state index >= 15 is 0 Å². The van der Waals surface area contributed by atoms with E-state index in [-0.39, 0.29) is 0 Å². The van der Waals surface area contributed by atoms with Gasteiger partial charge in [0, 0.05) is 21.2 Å². The molecule has 0 atom stereocenters. The van der Waals surface area contributed by atoms with E-state index in [1.165, 1.54) is 0 Å². The van der Waals surface area contributed by atoms with Crippen LogP contribution < -0.4 is 11.5 Å². The highest BCUT2D eigenvalue weighted by atomic mass is 32.2. The molecule has 0 saturated heterocycles. The fraction of sp³-hybridized carbons (Fsp3) is 0. The van der Waals surface area contributed by atoms with Crippen LogP contribution >= 0.6 is 11.8 Å². The Bertz CT molecular complexity index is 451. The Morgan fingerprint density at radius 3 is 2.13 bits per heavy atom. The van der Waals surface area contributed by atoms with Crippen LogP contribution in [0.1, 0.15) is 0 Å². The van der Waals surface area contributed by atoms with Crippen LogP contribution in [0.3, 0.4) is 0 Å². The molecular formula is C12H12N2S. The zero-order valence-corrected chi connectivity index (χ0v) is 9.00. The van der Waals surface area contributed by atoms with Crippen molar-refractivity contribution in [3.05, 3.63) is 48.5 Å². The maximum atomic E-state index is 5.70. The molecule has 15 heavy (non-hydrogen) atoms. The molecule has 0 aliphatic carbocycles. The summed E-state index contributed by atoms with van der Waals surface area (Å²) in [6, 6.07) is 15.6. The lowest BCUT2D eigenvalue weighted by atomic mass is 10.3. The van der Waals surface area contributed by atoms with Gasteiger partial charge >= 0.3 is 0 Å². The summed E-state index contributed by atoms with van der Waals surface area (Å²) in [4.78, 5) is 2.30. The molecule has 0 amide bonds. The second-order valence-corrected chi connectivity index (χ2v) is 4.39. The topological polar surface area (TPSA) is 52.0 Å². The molecule has 0 aliphatic heterocycles. The van der Waals surface area contributed by atoms with Crippen LogP contribution in [0, 0.1) is 0 Å². The molecule has 2 nitrogen and oxygen atoms in total. The zero-order chi connectivity index (χ0) is 10.7. The fourth-order valence-electron chi connectivity index (χ4n) is 1.25. The Morgan fingerprint density at radius 2 is 1.47 bits per heavy atom. The second-order valence-electron chi connectivity index (χ2n) is 3.24. The average Bonchev–Trinajstić information content (AvgIpc) is 2.22. The summed E-state index contributed by atoms with van der Waals surface area (Å²) >= 11 is 1.67. The molecule has 0 fully saturated rings. The summed E-state index contributed by atoms with van der Waals surface area (Å²) < 4.78 is 0. The predicted octanol–water partition coefficient (Wildman–Crippen LogP) is 3.00. The van der Waals surface area contributed by atoms with Crippen molar-refractivity contribution in [2.24, 2.45) is 0 Å². The number of nitrogens with two attached hydrogens (primary N) is 2. The summed E-state index contributed by atoms with van der Waals surface area (Å²) in [5.41, 5.74) is 12.9. The van der Waals surface area contributed by atoms with Gasteiger partial charge in [0.15, 0.2) is 0 Å². The number of rotatable bonds is 2. The lowest BCUT2D eigenvalue weighted by Gasteiger charge is -2.02.